The van der Waals surface area contributed by atoms with Gasteiger partial charge < -0.3 is 0 Å². The van der Waals surface area contributed by atoms with E-state index >= 15 is 0 Å². The van der Waals surface area contributed by atoms with Crippen LogP contribution in [0.3, 0.4) is 0 Å². The number of thiazole rings is 1. The topological polar surface area (TPSA) is 88.2 Å². The molecule has 0 radical (unpaired) electrons. The zero-order chi connectivity index (χ0) is 18.9. The second kappa shape index (κ2) is 6.96. The second-order valence-corrected chi connectivity index (χ2v) is 8.52. The first-order chi connectivity index (χ1) is 12.2. The first kappa shape index (κ1) is 18.2. The predicted molar refractivity (Wildman–Crippen MR) is 94.5 cm³/mol. The lowest BCUT2D eigenvalue weighted by atomic mass is 10.2. The zero-order valence-corrected chi connectivity index (χ0v) is 15.0. The van der Waals surface area contributed by atoms with Crippen LogP contribution in [-0.4, -0.2) is 25.1 Å². The Balaban J connectivity index is 1.67. The molecule has 0 bridgehead atoms. The fourth-order valence-corrected chi connectivity index (χ4v) is 4.16. The number of nitrogens with zero attached hydrogens (tertiary/aromatic N) is 1. The summed E-state index contributed by atoms with van der Waals surface area (Å²) in [5, 5.41) is 0.102. The molecule has 1 amide bonds. The van der Waals surface area contributed by atoms with Crippen LogP contribution in [0.2, 0.25) is 0 Å². The number of anilines is 1. The van der Waals surface area contributed by atoms with Crippen molar-refractivity contribution in [3.8, 4) is 0 Å². The monoisotopic (exact) mass is 397 g/mol. The first-order valence-corrected chi connectivity index (χ1v) is 9.81. The lowest BCUT2D eigenvalue weighted by molar-refractivity contribution is -0.118. The minimum atomic E-state index is -3.80. The molecule has 0 atom stereocenters. The van der Waals surface area contributed by atoms with Crippen LogP contribution in [0.15, 0.2) is 41.3 Å². The highest BCUT2D eigenvalue weighted by molar-refractivity contribution is 7.92. The van der Waals surface area contributed by atoms with Crippen molar-refractivity contribution in [3.63, 3.8) is 0 Å². The van der Waals surface area contributed by atoms with Gasteiger partial charge in [-0.1, -0.05) is 29.0 Å². The molecule has 0 saturated carbocycles. The van der Waals surface area contributed by atoms with E-state index in [9.17, 15) is 22.0 Å². The van der Waals surface area contributed by atoms with Crippen molar-refractivity contribution in [1.82, 2.24) is 10.4 Å². The molecule has 3 aromatic rings. The minimum absolute atomic E-state index is 0.0378. The fraction of sp³-hybridized carbons (Fsp3) is 0.125. The molecule has 26 heavy (non-hydrogen) atoms. The molecule has 0 aliphatic rings. The third-order valence-corrected chi connectivity index (χ3v) is 5.97. The molecule has 0 saturated heterocycles. The van der Waals surface area contributed by atoms with Crippen molar-refractivity contribution < 1.29 is 22.0 Å². The summed E-state index contributed by atoms with van der Waals surface area (Å²) in [6.45, 7) is 1.82. The predicted octanol–water partition coefficient (Wildman–Crippen LogP) is 2.80. The van der Waals surface area contributed by atoms with Gasteiger partial charge in [0.1, 0.15) is 17.1 Å². The van der Waals surface area contributed by atoms with Crippen molar-refractivity contribution >= 4 is 42.4 Å². The number of hydrazine groups is 1. The Labute approximate surface area is 151 Å². The smallest absolute Gasteiger partial charge is 0.253 e. The van der Waals surface area contributed by atoms with E-state index in [2.05, 4.69) is 15.8 Å². The molecule has 1 aromatic heterocycles. The highest BCUT2D eigenvalue weighted by Crippen LogP contribution is 2.28. The average molecular weight is 397 g/mol. The number of nitrogens with one attached hydrogen (secondary N) is 2. The van der Waals surface area contributed by atoms with Gasteiger partial charge in [0.2, 0.25) is 5.13 Å². The second-order valence-electron chi connectivity index (χ2n) is 5.50. The van der Waals surface area contributed by atoms with Crippen LogP contribution in [0, 0.1) is 18.6 Å². The van der Waals surface area contributed by atoms with Gasteiger partial charge in [-0.05, 0) is 25.1 Å². The van der Waals surface area contributed by atoms with Crippen LogP contribution >= 0.6 is 11.3 Å². The van der Waals surface area contributed by atoms with Gasteiger partial charge in [0.05, 0.1) is 9.60 Å². The van der Waals surface area contributed by atoms with E-state index in [4.69, 9.17) is 0 Å². The molecule has 0 aliphatic carbocycles. The number of benzene rings is 2. The number of amides is 1. The number of fused-ring (bicyclic) bond motifs is 1. The molecule has 0 aliphatic heterocycles. The minimum Gasteiger partial charge on any atom is -0.273 e. The van der Waals surface area contributed by atoms with E-state index < -0.39 is 33.1 Å². The van der Waals surface area contributed by atoms with Crippen LogP contribution in [-0.2, 0) is 14.6 Å². The number of rotatable bonds is 5. The normalized spacial score (nSPS) is 11.5. The molecule has 136 valence electrons. The number of aromatic nitrogens is 1. The largest absolute Gasteiger partial charge is 0.273 e. The lowest BCUT2D eigenvalue weighted by Crippen LogP contribution is -2.34. The van der Waals surface area contributed by atoms with E-state index in [-0.39, 0.29) is 20.2 Å². The molecular formula is C16H13F2N3O3S2. The molecule has 0 fully saturated rings. The van der Waals surface area contributed by atoms with Gasteiger partial charge in [-0.25, -0.2) is 22.2 Å². The summed E-state index contributed by atoms with van der Waals surface area (Å²) < 4.78 is 51.4. The fourth-order valence-electron chi connectivity index (χ4n) is 2.17. The van der Waals surface area contributed by atoms with E-state index in [0.29, 0.717) is 6.07 Å². The zero-order valence-electron chi connectivity index (χ0n) is 13.4. The van der Waals surface area contributed by atoms with Crippen molar-refractivity contribution in [2.45, 2.75) is 11.8 Å². The van der Waals surface area contributed by atoms with Crippen LogP contribution in [0.5, 0.6) is 0 Å². The lowest BCUT2D eigenvalue weighted by Gasteiger charge is -2.07. The summed E-state index contributed by atoms with van der Waals surface area (Å²) >= 11 is 0.917. The number of halogens is 2. The third kappa shape index (κ3) is 3.97. The molecule has 10 heteroatoms. The Kier molecular flexibility index (Phi) is 4.88. The first-order valence-electron chi connectivity index (χ1n) is 7.34. The highest BCUT2D eigenvalue weighted by Gasteiger charge is 2.19. The average Bonchev–Trinajstić information content (AvgIpc) is 2.96. The Morgan fingerprint density at radius 1 is 1.19 bits per heavy atom. The number of aryl methyl sites for hydroxylation is 1. The summed E-state index contributed by atoms with van der Waals surface area (Å²) in [5.74, 6) is -3.13. The standard InChI is InChI=1S/C16H13F2N3O3S2/c1-9-2-4-11(5-3-9)26(23,24)8-14(22)20-21-16-19-15-12(18)6-10(17)7-13(15)25-16/h2-7H,8H2,1H3,(H,19,21)(H,20,22). The van der Waals surface area contributed by atoms with Gasteiger partial charge in [-0.3, -0.25) is 15.6 Å². The van der Waals surface area contributed by atoms with Gasteiger partial charge in [-0.2, -0.15) is 0 Å². The molecule has 0 spiro atoms. The summed E-state index contributed by atoms with van der Waals surface area (Å²) in [7, 11) is -3.80. The Bertz CT molecular complexity index is 1080. The van der Waals surface area contributed by atoms with Gasteiger partial charge in [0, 0.05) is 6.07 Å². The van der Waals surface area contributed by atoms with Crippen molar-refractivity contribution in [2.24, 2.45) is 0 Å². The summed E-state index contributed by atoms with van der Waals surface area (Å²) in [5.41, 5.74) is 5.47. The number of carbonyl (C=O) groups excluding carboxylic acids is 1. The highest BCUT2D eigenvalue weighted by atomic mass is 32.2. The SMILES string of the molecule is Cc1ccc(S(=O)(=O)CC(=O)NNc2nc3c(F)cc(F)cc3s2)cc1. The maximum Gasteiger partial charge on any atom is 0.253 e. The van der Waals surface area contributed by atoms with Gasteiger partial charge in [0.15, 0.2) is 15.7 Å². The molecule has 0 unspecified atom stereocenters. The molecular weight excluding hydrogens is 384 g/mol. The Hall–Kier alpha value is -2.59. The van der Waals surface area contributed by atoms with E-state index in [1.165, 1.54) is 12.1 Å². The number of hydrogen-bond donors (Lipinski definition) is 2. The Morgan fingerprint density at radius 3 is 2.58 bits per heavy atom. The molecule has 2 aromatic carbocycles. The van der Waals surface area contributed by atoms with E-state index in [1.54, 1.807) is 12.1 Å². The van der Waals surface area contributed by atoms with E-state index in [0.717, 1.165) is 23.0 Å². The molecule has 1 heterocycles. The van der Waals surface area contributed by atoms with Crippen LogP contribution in [0.1, 0.15) is 5.56 Å². The van der Waals surface area contributed by atoms with Gasteiger partial charge in [0.25, 0.3) is 5.91 Å². The van der Waals surface area contributed by atoms with Crippen molar-refractivity contribution in [1.29, 1.82) is 0 Å². The van der Waals surface area contributed by atoms with Crippen LogP contribution < -0.4 is 10.9 Å². The van der Waals surface area contributed by atoms with Crippen molar-refractivity contribution in [3.05, 3.63) is 53.6 Å². The van der Waals surface area contributed by atoms with Crippen LogP contribution in [0.4, 0.5) is 13.9 Å². The third-order valence-electron chi connectivity index (χ3n) is 3.42. The van der Waals surface area contributed by atoms with Crippen LogP contribution in [0.25, 0.3) is 10.2 Å². The maximum absolute atomic E-state index is 13.6. The molecule has 3 rings (SSSR count). The van der Waals surface area contributed by atoms with Gasteiger partial charge >= 0.3 is 0 Å². The molecule has 2 N–H and O–H groups in total. The summed E-state index contributed by atoms with van der Waals surface area (Å²) in [6.07, 6.45) is 0. The molecule has 6 nitrogen and oxygen atoms in total. The summed E-state index contributed by atoms with van der Waals surface area (Å²) in [6, 6.07) is 7.95. The number of carbonyl (C=O) groups is 1. The quantitative estimate of drug-likeness (QED) is 0.647. The number of sulfone groups is 1. The Morgan fingerprint density at radius 2 is 1.88 bits per heavy atom. The van der Waals surface area contributed by atoms with Gasteiger partial charge in [-0.15, -0.1) is 0 Å². The maximum atomic E-state index is 13.6. The summed E-state index contributed by atoms with van der Waals surface area (Å²) in [4.78, 5) is 15.8. The van der Waals surface area contributed by atoms with Crippen molar-refractivity contribution in [2.75, 3.05) is 11.2 Å². The van der Waals surface area contributed by atoms with E-state index in [1.807, 2.05) is 6.92 Å². The number of hydrogen-bond acceptors (Lipinski definition) is 6.